The highest BCUT2D eigenvalue weighted by Crippen LogP contribution is 2.17. The third-order valence-electron chi connectivity index (χ3n) is 2.49. The lowest BCUT2D eigenvalue weighted by atomic mass is 10.1. The molecule has 5 heteroatoms. The number of carbonyl (C=O) groups excluding carboxylic acids is 1. The monoisotopic (exact) mass is 242 g/mol. The third-order valence-corrected chi connectivity index (χ3v) is 2.49. The topological polar surface area (TPSA) is 64.8 Å². The van der Waals surface area contributed by atoms with E-state index in [0.717, 1.165) is 5.57 Å². The van der Waals surface area contributed by atoms with Crippen molar-refractivity contribution in [3.63, 3.8) is 0 Å². The van der Waals surface area contributed by atoms with Crippen LogP contribution in [0.25, 0.3) is 0 Å². The Bertz CT molecular complexity index is 297. The predicted molar refractivity (Wildman–Crippen MR) is 65.7 cm³/mol. The number of hydrogen-bond acceptors (Lipinski definition) is 4. The van der Waals surface area contributed by atoms with Crippen LogP contribution in [0, 0.1) is 0 Å². The smallest absolute Gasteiger partial charge is 0.410 e. The Morgan fingerprint density at radius 3 is 2.76 bits per heavy atom. The summed E-state index contributed by atoms with van der Waals surface area (Å²) in [4.78, 5) is 13.7. The zero-order valence-corrected chi connectivity index (χ0v) is 10.9. The Morgan fingerprint density at radius 1 is 1.59 bits per heavy atom. The fourth-order valence-electron chi connectivity index (χ4n) is 1.62. The Kier molecular flexibility index (Phi) is 4.54. The maximum Gasteiger partial charge on any atom is 0.410 e. The van der Waals surface area contributed by atoms with Gasteiger partial charge in [0.25, 0.3) is 0 Å². The summed E-state index contributed by atoms with van der Waals surface area (Å²) in [5.74, 6) is 0. The van der Waals surface area contributed by atoms with Gasteiger partial charge in [-0.25, -0.2) is 4.79 Å². The minimum absolute atomic E-state index is 0.177. The van der Waals surface area contributed by atoms with Crippen molar-refractivity contribution in [2.24, 2.45) is 5.73 Å². The number of rotatable bonds is 2. The van der Waals surface area contributed by atoms with Crippen LogP contribution in [0.5, 0.6) is 0 Å². The number of carbonyl (C=O) groups is 1. The lowest BCUT2D eigenvalue weighted by Gasteiger charge is -2.37. The number of hydrogen-bond donors (Lipinski definition) is 1. The summed E-state index contributed by atoms with van der Waals surface area (Å²) in [5, 5.41) is 0. The molecule has 1 unspecified atom stereocenters. The standard InChI is InChI=1S/C12H22N2O3/c1-9(7-13)10-8-16-6-5-14(10)11(15)17-12(2,3)4/h10H,1,5-8,13H2,2-4H3. The molecule has 5 nitrogen and oxygen atoms in total. The van der Waals surface area contributed by atoms with Crippen molar-refractivity contribution in [3.8, 4) is 0 Å². The van der Waals surface area contributed by atoms with E-state index in [9.17, 15) is 4.79 Å². The molecule has 1 aliphatic rings. The zero-order valence-electron chi connectivity index (χ0n) is 10.9. The van der Waals surface area contributed by atoms with Gasteiger partial charge in [0.05, 0.1) is 19.3 Å². The second kappa shape index (κ2) is 5.51. The normalized spacial score (nSPS) is 21.2. The van der Waals surface area contributed by atoms with Crippen molar-refractivity contribution in [3.05, 3.63) is 12.2 Å². The molecule has 0 saturated carbocycles. The molecule has 0 radical (unpaired) electrons. The number of nitrogens with zero attached hydrogens (tertiary/aromatic N) is 1. The van der Waals surface area contributed by atoms with Crippen LogP contribution in [0.15, 0.2) is 12.2 Å². The fourth-order valence-corrected chi connectivity index (χ4v) is 1.62. The lowest BCUT2D eigenvalue weighted by Crippen LogP contribution is -2.51. The molecule has 17 heavy (non-hydrogen) atoms. The minimum atomic E-state index is -0.496. The highest BCUT2D eigenvalue weighted by atomic mass is 16.6. The molecule has 1 aliphatic heterocycles. The number of ether oxygens (including phenoxy) is 2. The average molecular weight is 242 g/mol. The number of nitrogens with two attached hydrogens (primary N) is 1. The van der Waals surface area contributed by atoms with Crippen molar-refractivity contribution in [2.45, 2.75) is 32.4 Å². The second-order valence-electron chi connectivity index (χ2n) is 5.13. The van der Waals surface area contributed by atoms with Crippen molar-refractivity contribution >= 4 is 6.09 Å². The van der Waals surface area contributed by atoms with Crippen LogP contribution in [0.2, 0.25) is 0 Å². The summed E-state index contributed by atoms with van der Waals surface area (Å²) < 4.78 is 10.7. The molecule has 2 N–H and O–H groups in total. The lowest BCUT2D eigenvalue weighted by molar-refractivity contribution is -0.0241. The molecule has 98 valence electrons. The van der Waals surface area contributed by atoms with Crippen molar-refractivity contribution in [1.29, 1.82) is 0 Å². The second-order valence-corrected chi connectivity index (χ2v) is 5.13. The van der Waals surface area contributed by atoms with Crippen LogP contribution in [0.4, 0.5) is 4.79 Å². The van der Waals surface area contributed by atoms with Gasteiger partial charge in [0.2, 0.25) is 0 Å². The molecule has 1 heterocycles. The first-order chi connectivity index (χ1) is 7.85. The van der Waals surface area contributed by atoms with E-state index in [4.69, 9.17) is 15.2 Å². The van der Waals surface area contributed by atoms with Crippen molar-refractivity contribution in [1.82, 2.24) is 4.90 Å². The van der Waals surface area contributed by atoms with Crippen LogP contribution in [-0.4, -0.2) is 48.9 Å². The van der Waals surface area contributed by atoms with Gasteiger partial charge in [0.15, 0.2) is 0 Å². The van der Waals surface area contributed by atoms with Gasteiger partial charge < -0.3 is 15.2 Å². The molecule has 0 aromatic carbocycles. The first-order valence-corrected chi connectivity index (χ1v) is 5.80. The van der Waals surface area contributed by atoms with Crippen molar-refractivity contribution < 1.29 is 14.3 Å². The summed E-state index contributed by atoms with van der Waals surface area (Å²) in [6.45, 7) is 11.2. The Labute approximate surface area is 103 Å². The molecule has 0 bridgehead atoms. The maximum atomic E-state index is 12.0. The van der Waals surface area contributed by atoms with Gasteiger partial charge in [-0.1, -0.05) is 6.58 Å². The first kappa shape index (κ1) is 14.0. The quantitative estimate of drug-likeness (QED) is 0.737. The zero-order chi connectivity index (χ0) is 13.1. The van der Waals surface area contributed by atoms with E-state index in [-0.39, 0.29) is 12.1 Å². The molecule has 0 aromatic rings. The molecule has 1 saturated heterocycles. The summed E-state index contributed by atoms with van der Waals surface area (Å²) in [6, 6.07) is -0.177. The van der Waals surface area contributed by atoms with Gasteiger partial charge in [-0.2, -0.15) is 0 Å². The molecule has 1 rings (SSSR count). The Hall–Kier alpha value is -1.07. The minimum Gasteiger partial charge on any atom is -0.444 e. The molecule has 1 atom stereocenters. The average Bonchev–Trinajstić information content (AvgIpc) is 2.25. The van der Waals surface area contributed by atoms with E-state index in [1.54, 1.807) is 4.90 Å². The van der Waals surface area contributed by atoms with Crippen molar-refractivity contribution in [2.75, 3.05) is 26.3 Å². The van der Waals surface area contributed by atoms with Crippen LogP contribution in [0.1, 0.15) is 20.8 Å². The maximum absolute atomic E-state index is 12.0. The van der Waals surface area contributed by atoms with Gasteiger partial charge in [0, 0.05) is 13.1 Å². The molecule has 0 aliphatic carbocycles. The summed E-state index contributed by atoms with van der Waals surface area (Å²) in [5.41, 5.74) is 5.85. The number of morpholine rings is 1. The van der Waals surface area contributed by atoms with E-state index >= 15 is 0 Å². The molecule has 0 spiro atoms. The van der Waals surface area contributed by atoms with Crippen LogP contribution in [0.3, 0.4) is 0 Å². The molecular formula is C12H22N2O3. The van der Waals surface area contributed by atoms with Gasteiger partial charge in [0.1, 0.15) is 5.60 Å². The van der Waals surface area contributed by atoms with E-state index < -0.39 is 5.60 Å². The van der Waals surface area contributed by atoms with Crippen LogP contribution < -0.4 is 5.73 Å². The molecular weight excluding hydrogens is 220 g/mol. The largest absolute Gasteiger partial charge is 0.444 e. The predicted octanol–water partition coefficient (Wildman–Crippen LogP) is 1.14. The Balaban J connectivity index is 2.71. The van der Waals surface area contributed by atoms with Crippen LogP contribution in [-0.2, 0) is 9.47 Å². The molecule has 0 aromatic heterocycles. The fraction of sp³-hybridized carbons (Fsp3) is 0.750. The van der Waals surface area contributed by atoms with E-state index in [1.165, 1.54) is 0 Å². The molecule has 1 fully saturated rings. The van der Waals surface area contributed by atoms with E-state index in [0.29, 0.717) is 26.3 Å². The van der Waals surface area contributed by atoms with Gasteiger partial charge in [-0.15, -0.1) is 0 Å². The summed E-state index contributed by atoms with van der Waals surface area (Å²) in [7, 11) is 0. The van der Waals surface area contributed by atoms with Gasteiger partial charge in [-0.05, 0) is 26.3 Å². The molecule has 1 amide bonds. The van der Waals surface area contributed by atoms with Crippen LogP contribution >= 0.6 is 0 Å². The summed E-state index contributed by atoms with van der Waals surface area (Å²) >= 11 is 0. The number of amides is 1. The Morgan fingerprint density at radius 2 is 2.24 bits per heavy atom. The first-order valence-electron chi connectivity index (χ1n) is 5.80. The van der Waals surface area contributed by atoms with E-state index in [1.807, 2.05) is 20.8 Å². The SMILES string of the molecule is C=C(CN)C1COCCN1C(=O)OC(C)(C)C. The van der Waals surface area contributed by atoms with E-state index in [2.05, 4.69) is 6.58 Å². The van der Waals surface area contributed by atoms with Gasteiger partial charge in [-0.3, -0.25) is 4.90 Å². The van der Waals surface area contributed by atoms with Gasteiger partial charge >= 0.3 is 6.09 Å². The highest BCUT2D eigenvalue weighted by molar-refractivity contribution is 5.69. The summed E-state index contributed by atoms with van der Waals surface area (Å²) in [6.07, 6.45) is -0.333. The highest BCUT2D eigenvalue weighted by Gasteiger charge is 2.31. The third kappa shape index (κ3) is 4.02.